The number of fused-ring (bicyclic) bond motifs is 1. The van der Waals surface area contributed by atoms with Gasteiger partial charge in [0.25, 0.3) is 0 Å². The fourth-order valence-electron chi connectivity index (χ4n) is 2.58. The number of ether oxygens (including phenoxy) is 1. The predicted molar refractivity (Wildman–Crippen MR) is 108 cm³/mol. The van der Waals surface area contributed by atoms with Gasteiger partial charge in [0.15, 0.2) is 0 Å². The highest BCUT2D eigenvalue weighted by atomic mass is 32.1. The number of hydrogen-bond acceptors (Lipinski definition) is 9. The molecule has 2 N–H and O–H groups in total. The van der Waals surface area contributed by atoms with Gasteiger partial charge in [-0.05, 0) is 18.6 Å². The van der Waals surface area contributed by atoms with Crippen molar-refractivity contribution in [3.05, 3.63) is 47.3 Å². The van der Waals surface area contributed by atoms with Crippen LogP contribution in [0.15, 0.2) is 41.6 Å². The zero-order valence-electron chi connectivity index (χ0n) is 14.5. The molecule has 0 saturated carbocycles. The number of pyridine rings is 1. The van der Waals surface area contributed by atoms with E-state index in [9.17, 15) is 4.79 Å². The van der Waals surface area contributed by atoms with Crippen LogP contribution in [0.25, 0.3) is 20.8 Å². The van der Waals surface area contributed by atoms with Gasteiger partial charge in [-0.15, -0.1) is 22.7 Å². The maximum absolute atomic E-state index is 10.8. The number of nitrogens with zero attached hydrogens (tertiary/aromatic N) is 4. The van der Waals surface area contributed by atoms with Crippen LogP contribution in [0.5, 0.6) is 5.75 Å². The van der Waals surface area contributed by atoms with Crippen LogP contribution in [-0.4, -0.2) is 44.2 Å². The summed E-state index contributed by atoms with van der Waals surface area (Å²) in [6, 6.07) is 3.02. The molecule has 0 spiro atoms. The molecule has 0 aliphatic heterocycles. The van der Waals surface area contributed by atoms with Gasteiger partial charge in [-0.3, -0.25) is 0 Å². The summed E-state index contributed by atoms with van der Waals surface area (Å²) in [5.41, 5.74) is 1.03. The van der Waals surface area contributed by atoms with E-state index in [1.54, 1.807) is 41.3 Å². The van der Waals surface area contributed by atoms with Gasteiger partial charge in [-0.2, -0.15) is 0 Å². The first kappa shape index (κ1) is 18.3. The molecule has 0 radical (unpaired) electrons. The van der Waals surface area contributed by atoms with Crippen LogP contribution in [0.1, 0.15) is 16.9 Å². The maximum atomic E-state index is 10.8. The standard InChI is InChI=1S/C18H15N5O3S2/c24-18(25)13-3-2-11(8-21-13)26-6-1-4-19-15-14-12(16-20-5-7-27-16)9-28-17(14)23-10-22-15/h2-3,5,7-10H,1,4,6H2,(H,24,25)(H,19,22,23). The fraction of sp³-hybridized carbons (Fsp3) is 0.167. The van der Waals surface area contributed by atoms with Gasteiger partial charge in [0.2, 0.25) is 0 Å². The lowest BCUT2D eigenvalue weighted by atomic mass is 10.2. The van der Waals surface area contributed by atoms with Crippen molar-refractivity contribution in [2.75, 3.05) is 18.5 Å². The molecule has 4 aromatic heterocycles. The number of nitrogens with one attached hydrogen (secondary N) is 1. The van der Waals surface area contributed by atoms with E-state index in [2.05, 4.69) is 30.6 Å². The first-order valence-corrected chi connectivity index (χ1v) is 10.2. The van der Waals surface area contributed by atoms with Crippen molar-refractivity contribution in [1.29, 1.82) is 0 Å². The Labute approximate surface area is 167 Å². The fourth-order valence-corrected chi connectivity index (χ4v) is 4.21. The van der Waals surface area contributed by atoms with Crippen molar-refractivity contribution in [2.24, 2.45) is 0 Å². The van der Waals surface area contributed by atoms with E-state index in [-0.39, 0.29) is 5.69 Å². The number of aromatic carboxylic acids is 1. The number of anilines is 1. The molecule has 0 saturated heterocycles. The second-order valence-electron chi connectivity index (χ2n) is 5.70. The molecule has 28 heavy (non-hydrogen) atoms. The van der Waals surface area contributed by atoms with E-state index in [0.717, 1.165) is 33.0 Å². The summed E-state index contributed by atoms with van der Waals surface area (Å²) >= 11 is 3.16. The quantitative estimate of drug-likeness (QED) is 0.420. The number of carboxylic acid groups (broad SMARTS) is 1. The van der Waals surface area contributed by atoms with E-state index in [0.29, 0.717) is 18.9 Å². The Hall–Kier alpha value is -3.11. The van der Waals surface area contributed by atoms with Crippen molar-refractivity contribution in [1.82, 2.24) is 19.9 Å². The Bertz CT molecular complexity index is 1080. The molecule has 10 heteroatoms. The lowest BCUT2D eigenvalue weighted by Crippen LogP contribution is -2.09. The van der Waals surface area contributed by atoms with Crippen molar-refractivity contribution < 1.29 is 14.6 Å². The molecule has 142 valence electrons. The Morgan fingerprint density at radius 1 is 1.18 bits per heavy atom. The van der Waals surface area contributed by atoms with E-state index >= 15 is 0 Å². The number of thiophene rings is 1. The van der Waals surface area contributed by atoms with Gasteiger partial charge in [-0.25, -0.2) is 24.7 Å². The molecular weight excluding hydrogens is 398 g/mol. The van der Waals surface area contributed by atoms with E-state index < -0.39 is 5.97 Å². The topological polar surface area (TPSA) is 110 Å². The summed E-state index contributed by atoms with van der Waals surface area (Å²) in [4.78, 5) is 28.7. The summed E-state index contributed by atoms with van der Waals surface area (Å²) in [5.74, 6) is 0.264. The van der Waals surface area contributed by atoms with Gasteiger partial charge in [-0.1, -0.05) is 0 Å². The SMILES string of the molecule is O=C(O)c1ccc(OCCCNc2ncnc3scc(-c4nccs4)c23)cn1. The number of carbonyl (C=O) groups is 1. The summed E-state index contributed by atoms with van der Waals surface area (Å²) in [5, 5.41) is 18.1. The highest BCUT2D eigenvalue weighted by Gasteiger charge is 2.14. The number of carboxylic acids is 1. The third kappa shape index (κ3) is 3.92. The summed E-state index contributed by atoms with van der Waals surface area (Å²) in [6.45, 7) is 1.14. The lowest BCUT2D eigenvalue weighted by Gasteiger charge is -2.09. The number of rotatable bonds is 8. The smallest absolute Gasteiger partial charge is 0.354 e. The molecule has 4 aromatic rings. The molecule has 4 heterocycles. The van der Waals surface area contributed by atoms with Crippen molar-refractivity contribution in [2.45, 2.75) is 6.42 Å². The minimum atomic E-state index is -1.06. The molecule has 0 unspecified atom stereocenters. The van der Waals surface area contributed by atoms with Crippen molar-refractivity contribution in [3.8, 4) is 16.3 Å². The minimum absolute atomic E-state index is 0.00593. The van der Waals surface area contributed by atoms with Crippen LogP contribution in [0.3, 0.4) is 0 Å². The van der Waals surface area contributed by atoms with Crippen molar-refractivity contribution >= 4 is 44.7 Å². The summed E-state index contributed by atoms with van der Waals surface area (Å²) in [6.07, 6.45) is 5.49. The summed E-state index contributed by atoms with van der Waals surface area (Å²) < 4.78 is 5.60. The second-order valence-corrected chi connectivity index (χ2v) is 7.45. The monoisotopic (exact) mass is 413 g/mol. The third-order valence-electron chi connectivity index (χ3n) is 3.87. The molecule has 0 amide bonds. The molecule has 0 aliphatic rings. The van der Waals surface area contributed by atoms with Crippen LogP contribution in [0.4, 0.5) is 5.82 Å². The third-order valence-corrected chi connectivity index (χ3v) is 5.56. The lowest BCUT2D eigenvalue weighted by molar-refractivity contribution is 0.0690. The van der Waals surface area contributed by atoms with E-state index in [4.69, 9.17) is 9.84 Å². The van der Waals surface area contributed by atoms with Crippen LogP contribution in [0.2, 0.25) is 0 Å². The van der Waals surface area contributed by atoms with Crippen LogP contribution < -0.4 is 10.1 Å². The zero-order valence-corrected chi connectivity index (χ0v) is 16.2. The highest BCUT2D eigenvalue weighted by Crippen LogP contribution is 2.37. The average molecular weight is 413 g/mol. The molecule has 0 bridgehead atoms. The zero-order chi connectivity index (χ0) is 19.3. The second kappa shape index (κ2) is 8.28. The summed E-state index contributed by atoms with van der Waals surface area (Å²) in [7, 11) is 0. The van der Waals surface area contributed by atoms with Crippen molar-refractivity contribution in [3.63, 3.8) is 0 Å². The van der Waals surface area contributed by atoms with Gasteiger partial charge < -0.3 is 15.2 Å². The molecular formula is C18H15N5O3S2. The van der Waals surface area contributed by atoms with Gasteiger partial charge in [0.1, 0.15) is 33.4 Å². The minimum Gasteiger partial charge on any atom is -0.492 e. The molecule has 0 fully saturated rings. The van der Waals surface area contributed by atoms with E-state index in [1.165, 1.54) is 12.3 Å². The molecule has 8 nitrogen and oxygen atoms in total. The number of hydrogen-bond donors (Lipinski definition) is 2. The Kier molecular flexibility index (Phi) is 5.40. The number of aromatic nitrogens is 4. The largest absolute Gasteiger partial charge is 0.492 e. The molecule has 0 atom stereocenters. The number of thiazole rings is 1. The molecule has 4 rings (SSSR count). The maximum Gasteiger partial charge on any atom is 0.354 e. The molecule has 0 aliphatic carbocycles. The first-order chi connectivity index (χ1) is 13.7. The first-order valence-electron chi connectivity index (χ1n) is 8.40. The Morgan fingerprint density at radius 2 is 2.11 bits per heavy atom. The van der Waals surface area contributed by atoms with Crippen LogP contribution in [-0.2, 0) is 0 Å². The Morgan fingerprint density at radius 3 is 2.86 bits per heavy atom. The molecule has 0 aromatic carbocycles. The van der Waals surface area contributed by atoms with Gasteiger partial charge in [0, 0.05) is 29.1 Å². The Balaban J connectivity index is 1.36. The van der Waals surface area contributed by atoms with Crippen LogP contribution in [0, 0.1) is 0 Å². The highest BCUT2D eigenvalue weighted by molar-refractivity contribution is 7.18. The van der Waals surface area contributed by atoms with Crippen LogP contribution >= 0.6 is 22.7 Å². The normalized spacial score (nSPS) is 10.9. The predicted octanol–water partition coefficient (Wildman–Crippen LogP) is 3.79. The van der Waals surface area contributed by atoms with Gasteiger partial charge in [0.05, 0.1) is 18.2 Å². The average Bonchev–Trinajstić information content (AvgIpc) is 3.38. The van der Waals surface area contributed by atoms with E-state index in [1.807, 2.05) is 5.38 Å². The van der Waals surface area contributed by atoms with Gasteiger partial charge >= 0.3 is 5.97 Å².